The van der Waals surface area contributed by atoms with Gasteiger partial charge in [0.25, 0.3) is 0 Å². The van der Waals surface area contributed by atoms with Crippen molar-refractivity contribution < 1.29 is 4.74 Å². The molecule has 1 unspecified atom stereocenters. The van der Waals surface area contributed by atoms with Crippen LogP contribution >= 0.6 is 0 Å². The number of nitrogens with zero attached hydrogens (tertiary/aromatic N) is 1. The Kier molecular flexibility index (Phi) is 1.98. The van der Waals surface area contributed by atoms with Crippen molar-refractivity contribution >= 4 is 10.9 Å². The molecule has 0 saturated carbocycles. The minimum absolute atomic E-state index is 0.294. The van der Waals surface area contributed by atoms with E-state index in [0.29, 0.717) is 6.04 Å². The molecule has 0 amide bonds. The van der Waals surface area contributed by atoms with Gasteiger partial charge in [-0.25, -0.2) is 0 Å². The molecule has 2 aromatic rings. The van der Waals surface area contributed by atoms with E-state index in [2.05, 4.69) is 23.7 Å². The first kappa shape index (κ1) is 9.73. The quantitative estimate of drug-likeness (QED) is 0.786. The second-order valence-electron chi connectivity index (χ2n) is 4.54. The van der Waals surface area contributed by atoms with Crippen molar-refractivity contribution in [3.8, 4) is 5.75 Å². The molecule has 1 aromatic carbocycles. The van der Waals surface area contributed by atoms with Crippen LogP contribution in [0, 0.1) is 0 Å². The van der Waals surface area contributed by atoms with Gasteiger partial charge >= 0.3 is 0 Å². The molecule has 3 rings (SSSR count). The predicted octanol–water partition coefficient (Wildman–Crippen LogP) is 1.61. The summed E-state index contributed by atoms with van der Waals surface area (Å²) >= 11 is 0. The maximum Gasteiger partial charge on any atom is 0.120 e. The smallest absolute Gasteiger partial charge is 0.120 e. The van der Waals surface area contributed by atoms with Crippen LogP contribution in [0.25, 0.3) is 10.9 Å². The normalized spacial score (nSPS) is 19.1. The topological polar surface area (TPSA) is 40.2 Å². The molecule has 3 heteroatoms. The molecule has 1 aliphatic carbocycles. The molecule has 3 nitrogen and oxygen atoms in total. The summed E-state index contributed by atoms with van der Waals surface area (Å²) in [7, 11) is 3.81. The van der Waals surface area contributed by atoms with Crippen molar-refractivity contribution in [2.24, 2.45) is 12.8 Å². The van der Waals surface area contributed by atoms with Crippen LogP contribution in [-0.4, -0.2) is 17.7 Å². The number of ether oxygens (including phenoxy) is 1. The minimum atomic E-state index is 0.294. The van der Waals surface area contributed by atoms with E-state index in [-0.39, 0.29) is 0 Å². The molecule has 1 aromatic heterocycles. The number of rotatable bonds is 1. The Morgan fingerprint density at radius 1 is 1.38 bits per heavy atom. The zero-order valence-corrected chi connectivity index (χ0v) is 9.66. The lowest BCUT2D eigenvalue weighted by Crippen LogP contribution is -2.20. The number of hydrogen-bond acceptors (Lipinski definition) is 2. The van der Waals surface area contributed by atoms with Gasteiger partial charge in [0.1, 0.15) is 5.75 Å². The zero-order valence-electron chi connectivity index (χ0n) is 9.66. The van der Waals surface area contributed by atoms with Crippen molar-refractivity contribution in [1.82, 2.24) is 4.57 Å². The van der Waals surface area contributed by atoms with Gasteiger partial charge in [-0.15, -0.1) is 0 Å². The molecule has 16 heavy (non-hydrogen) atoms. The monoisotopic (exact) mass is 216 g/mol. The summed E-state index contributed by atoms with van der Waals surface area (Å²) in [5, 5.41) is 1.33. The van der Waals surface area contributed by atoms with Gasteiger partial charge in [-0.05, 0) is 24.1 Å². The van der Waals surface area contributed by atoms with Crippen LogP contribution in [0.1, 0.15) is 11.3 Å². The molecule has 0 radical (unpaired) electrons. The van der Waals surface area contributed by atoms with Crippen LogP contribution in [0.5, 0.6) is 5.75 Å². The fourth-order valence-electron chi connectivity index (χ4n) is 2.75. The lowest BCUT2D eigenvalue weighted by molar-refractivity contribution is 0.415. The fourth-order valence-corrected chi connectivity index (χ4v) is 2.75. The Morgan fingerprint density at radius 3 is 2.94 bits per heavy atom. The molecule has 0 aliphatic heterocycles. The summed E-state index contributed by atoms with van der Waals surface area (Å²) in [6.07, 6.45) is 1.99. The number of hydrogen-bond donors (Lipinski definition) is 1. The van der Waals surface area contributed by atoms with E-state index >= 15 is 0 Å². The third-order valence-electron chi connectivity index (χ3n) is 3.57. The molecule has 0 bridgehead atoms. The van der Waals surface area contributed by atoms with E-state index in [0.717, 1.165) is 18.6 Å². The number of methoxy groups -OCH3 is 1. The first-order valence-electron chi connectivity index (χ1n) is 5.60. The van der Waals surface area contributed by atoms with E-state index in [4.69, 9.17) is 10.5 Å². The first-order chi connectivity index (χ1) is 7.70. The van der Waals surface area contributed by atoms with Gasteiger partial charge in [0, 0.05) is 36.7 Å². The van der Waals surface area contributed by atoms with Crippen molar-refractivity contribution in [2.75, 3.05) is 7.11 Å². The molecular formula is C13H16N2O. The Morgan fingerprint density at radius 2 is 2.19 bits per heavy atom. The van der Waals surface area contributed by atoms with Gasteiger partial charge in [0.2, 0.25) is 0 Å². The van der Waals surface area contributed by atoms with Gasteiger partial charge < -0.3 is 15.0 Å². The summed E-state index contributed by atoms with van der Waals surface area (Å²) in [5.74, 6) is 0.913. The molecule has 1 aliphatic rings. The van der Waals surface area contributed by atoms with E-state index in [1.54, 1.807) is 7.11 Å². The average molecular weight is 216 g/mol. The largest absolute Gasteiger partial charge is 0.497 e. The third-order valence-corrected chi connectivity index (χ3v) is 3.57. The van der Waals surface area contributed by atoms with Gasteiger partial charge in [0.05, 0.1) is 12.6 Å². The fraction of sp³-hybridized carbons (Fsp3) is 0.385. The maximum absolute atomic E-state index is 6.01. The van der Waals surface area contributed by atoms with Crippen LogP contribution in [-0.2, 0) is 19.9 Å². The second-order valence-corrected chi connectivity index (χ2v) is 4.54. The van der Waals surface area contributed by atoms with Crippen LogP contribution in [0.3, 0.4) is 0 Å². The SMILES string of the molecule is COc1ccc2c3c(n(C)c2c1)CC(N)C3. The molecule has 0 fully saturated rings. The predicted molar refractivity (Wildman–Crippen MR) is 64.9 cm³/mol. The highest BCUT2D eigenvalue weighted by atomic mass is 16.5. The highest BCUT2D eigenvalue weighted by Crippen LogP contribution is 2.33. The second kappa shape index (κ2) is 3.25. The molecule has 0 saturated heterocycles. The van der Waals surface area contributed by atoms with Crippen LogP contribution in [0.15, 0.2) is 18.2 Å². The zero-order chi connectivity index (χ0) is 11.3. The number of aromatic nitrogens is 1. The molecule has 0 spiro atoms. The Labute approximate surface area is 94.8 Å². The summed E-state index contributed by atoms with van der Waals surface area (Å²) in [6.45, 7) is 0. The van der Waals surface area contributed by atoms with E-state index in [1.807, 2.05) is 6.07 Å². The Hall–Kier alpha value is -1.48. The average Bonchev–Trinajstić information content (AvgIpc) is 2.78. The van der Waals surface area contributed by atoms with Crippen LogP contribution in [0.4, 0.5) is 0 Å². The highest BCUT2D eigenvalue weighted by Gasteiger charge is 2.24. The third kappa shape index (κ3) is 1.18. The summed E-state index contributed by atoms with van der Waals surface area (Å²) in [4.78, 5) is 0. The van der Waals surface area contributed by atoms with E-state index in [9.17, 15) is 0 Å². The molecule has 1 atom stereocenters. The molecular weight excluding hydrogens is 200 g/mol. The summed E-state index contributed by atoms with van der Waals surface area (Å²) in [6, 6.07) is 6.55. The van der Waals surface area contributed by atoms with Crippen LogP contribution < -0.4 is 10.5 Å². The maximum atomic E-state index is 6.01. The van der Waals surface area contributed by atoms with Gasteiger partial charge in [-0.2, -0.15) is 0 Å². The van der Waals surface area contributed by atoms with Crippen molar-refractivity contribution in [3.05, 3.63) is 29.5 Å². The first-order valence-corrected chi connectivity index (χ1v) is 5.60. The number of benzene rings is 1. The lowest BCUT2D eigenvalue weighted by atomic mass is 10.1. The molecule has 84 valence electrons. The number of fused-ring (bicyclic) bond motifs is 3. The van der Waals surface area contributed by atoms with E-state index in [1.165, 1.54) is 22.2 Å². The Bertz CT molecular complexity index is 557. The summed E-state index contributed by atoms with van der Waals surface area (Å²) in [5.41, 5.74) is 10.1. The van der Waals surface area contributed by atoms with Crippen molar-refractivity contribution in [3.63, 3.8) is 0 Å². The summed E-state index contributed by atoms with van der Waals surface area (Å²) < 4.78 is 7.51. The standard InChI is InChI=1S/C13H16N2O/c1-15-12-6-8(14)5-11(12)10-4-3-9(16-2)7-13(10)15/h3-4,7-8H,5-6,14H2,1-2H3. The van der Waals surface area contributed by atoms with Crippen molar-refractivity contribution in [2.45, 2.75) is 18.9 Å². The van der Waals surface area contributed by atoms with Gasteiger partial charge in [0.15, 0.2) is 0 Å². The van der Waals surface area contributed by atoms with Crippen molar-refractivity contribution in [1.29, 1.82) is 0 Å². The van der Waals surface area contributed by atoms with Gasteiger partial charge in [-0.1, -0.05) is 0 Å². The van der Waals surface area contributed by atoms with Gasteiger partial charge in [-0.3, -0.25) is 0 Å². The minimum Gasteiger partial charge on any atom is -0.497 e. The Balaban J connectivity index is 2.28. The lowest BCUT2D eigenvalue weighted by Gasteiger charge is -2.06. The highest BCUT2D eigenvalue weighted by molar-refractivity contribution is 5.87. The van der Waals surface area contributed by atoms with E-state index < -0.39 is 0 Å². The number of nitrogens with two attached hydrogens (primary N) is 1. The van der Waals surface area contributed by atoms with Crippen LogP contribution in [0.2, 0.25) is 0 Å². The number of aryl methyl sites for hydroxylation is 1. The molecule has 2 N–H and O–H groups in total. The molecule has 1 heterocycles.